The van der Waals surface area contributed by atoms with Crippen LogP contribution < -0.4 is 10.1 Å². The lowest BCUT2D eigenvalue weighted by Gasteiger charge is -2.29. The first-order valence-corrected chi connectivity index (χ1v) is 13.9. The predicted octanol–water partition coefficient (Wildman–Crippen LogP) is 4.98. The van der Waals surface area contributed by atoms with Crippen LogP contribution in [0.15, 0.2) is 53.4 Å². The van der Waals surface area contributed by atoms with Gasteiger partial charge in [0.15, 0.2) is 0 Å². The molecule has 6 nitrogen and oxygen atoms in total. The largest absolute Gasteiger partial charge is 0.494 e. The molecule has 0 aliphatic carbocycles. The summed E-state index contributed by atoms with van der Waals surface area (Å²) < 4.78 is 75.0. The molecule has 3 rings (SSSR count). The van der Waals surface area contributed by atoms with Crippen LogP contribution in [0.3, 0.4) is 0 Å². The van der Waals surface area contributed by atoms with Crippen molar-refractivity contribution in [1.29, 1.82) is 0 Å². The van der Waals surface area contributed by atoms with Crippen molar-refractivity contribution in [1.82, 2.24) is 5.32 Å². The molecule has 11 heteroatoms. The minimum absolute atomic E-state index is 0.00941. The van der Waals surface area contributed by atoms with Gasteiger partial charge >= 0.3 is 6.18 Å². The maximum absolute atomic E-state index is 12.8. The van der Waals surface area contributed by atoms with Crippen LogP contribution in [-0.2, 0) is 10.1 Å². The molecule has 0 aromatic heterocycles. The Morgan fingerprint density at radius 1 is 1.17 bits per heavy atom. The molecule has 0 saturated carbocycles. The lowest BCUT2D eigenvalue weighted by molar-refractivity contribution is -0.154. The number of thioether (sulfide) groups is 1. The summed E-state index contributed by atoms with van der Waals surface area (Å²) in [5.41, 5.74) is 1.87. The predicted molar refractivity (Wildman–Crippen MR) is 129 cm³/mol. The first-order chi connectivity index (χ1) is 16.4. The van der Waals surface area contributed by atoms with Crippen molar-refractivity contribution in [3.8, 4) is 5.75 Å². The number of hydrogen-bond acceptors (Lipinski definition) is 6. The molecule has 0 spiro atoms. The van der Waals surface area contributed by atoms with Crippen molar-refractivity contribution in [2.45, 2.75) is 67.1 Å². The van der Waals surface area contributed by atoms with Gasteiger partial charge in [-0.3, -0.25) is 4.55 Å². The van der Waals surface area contributed by atoms with Crippen molar-refractivity contribution in [3.05, 3.63) is 59.7 Å². The summed E-state index contributed by atoms with van der Waals surface area (Å²) in [7, 11) is -4.06. The minimum Gasteiger partial charge on any atom is -0.494 e. The van der Waals surface area contributed by atoms with Crippen molar-refractivity contribution in [2.24, 2.45) is 0 Å². The molecule has 0 radical (unpaired) electrons. The molecule has 2 aromatic carbocycles. The Kier molecular flexibility index (Phi) is 9.50. The van der Waals surface area contributed by atoms with Crippen LogP contribution >= 0.6 is 11.8 Å². The number of ether oxygens (including phenoxy) is 1. The molecule has 4 atom stereocenters. The number of halogens is 3. The molecule has 35 heavy (non-hydrogen) atoms. The van der Waals surface area contributed by atoms with Gasteiger partial charge in [-0.2, -0.15) is 21.6 Å². The third-order valence-corrected chi connectivity index (χ3v) is 8.01. The number of nitrogens with one attached hydrogen (secondary N) is 1. The van der Waals surface area contributed by atoms with E-state index in [4.69, 9.17) is 9.29 Å². The fourth-order valence-electron chi connectivity index (χ4n) is 4.17. The summed E-state index contributed by atoms with van der Waals surface area (Å²) in [5.74, 6) is 0.119. The number of benzene rings is 2. The second-order valence-corrected chi connectivity index (χ2v) is 11.4. The van der Waals surface area contributed by atoms with Gasteiger partial charge in [-0.05, 0) is 48.6 Å². The zero-order chi connectivity index (χ0) is 25.6. The summed E-state index contributed by atoms with van der Waals surface area (Å²) >= 11 is 1.45. The molecule has 2 unspecified atom stereocenters. The van der Waals surface area contributed by atoms with Gasteiger partial charge in [-0.1, -0.05) is 37.3 Å². The molecule has 1 aliphatic heterocycles. The van der Waals surface area contributed by atoms with Crippen LogP contribution in [0.25, 0.3) is 0 Å². The number of aliphatic hydroxyl groups is 1. The fourth-order valence-corrected chi connectivity index (χ4v) is 6.19. The van der Waals surface area contributed by atoms with Crippen LogP contribution in [0.1, 0.15) is 49.8 Å². The zero-order valence-electron chi connectivity index (χ0n) is 19.2. The molecule has 1 heterocycles. The van der Waals surface area contributed by atoms with Gasteiger partial charge in [0.25, 0.3) is 10.1 Å². The molecule has 3 N–H and O–H groups in total. The summed E-state index contributed by atoms with van der Waals surface area (Å²) in [6.45, 7) is 2.06. The molecule has 0 amide bonds. The summed E-state index contributed by atoms with van der Waals surface area (Å²) in [4.78, 5) is 0.872. The first kappa shape index (κ1) is 27.8. The highest BCUT2D eigenvalue weighted by Gasteiger charge is 2.36. The smallest absolute Gasteiger partial charge is 0.391 e. The van der Waals surface area contributed by atoms with Crippen LogP contribution in [0.5, 0.6) is 5.75 Å². The van der Waals surface area contributed by atoms with E-state index < -0.39 is 34.6 Å². The van der Waals surface area contributed by atoms with Gasteiger partial charge in [-0.15, -0.1) is 11.8 Å². The second-order valence-electron chi connectivity index (χ2n) is 8.58. The third-order valence-electron chi connectivity index (χ3n) is 5.76. The zero-order valence-corrected chi connectivity index (χ0v) is 20.9. The highest BCUT2D eigenvalue weighted by molar-refractivity contribution is 8.00. The van der Waals surface area contributed by atoms with E-state index in [2.05, 4.69) is 5.32 Å². The van der Waals surface area contributed by atoms with E-state index in [-0.39, 0.29) is 36.8 Å². The van der Waals surface area contributed by atoms with Crippen LogP contribution in [0.4, 0.5) is 13.2 Å². The van der Waals surface area contributed by atoms with Gasteiger partial charge in [-0.25, -0.2) is 0 Å². The van der Waals surface area contributed by atoms with Gasteiger partial charge in [0.1, 0.15) is 5.75 Å². The van der Waals surface area contributed by atoms with E-state index in [1.165, 1.54) is 11.8 Å². The summed E-state index contributed by atoms with van der Waals surface area (Å²) in [5, 5.41) is 13.5. The maximum atomic E-state index is 12.8. The molecular formula is C24H30F3NO5S2. The number of fused-ring (bicyclic) bond motifs is 1. The Hall–Kier alpha value is -1.79. The molecule has 2 aromatic rings. The van der Waals surface area contributed by atoms with Crippen LogP contribution in [-0.4, -0.2) is 54.0 Å². The van der Waals surface area contributed by atoms with Crippen molar-refractivity contribution >= 4 is 21.9 Å². The Morgan fingerprint density at radius 2 is 1.89 bits per heavy atom. The topological polar surface area (TPSA) is 95.9 Å². The minimum atomic E-state index is -4.43. The highest BCUT2D eigenvalue weighted by atomic mass is 32.2. The van der Waals surface area contributed by atoms with E-state index in [1.54, 1.807) is 6.07 Å². The van der Waals surface area contributed by atoms with Gasteiger partial charge in [0.05, 0.1) is 30.9 Å². The Balaban J connectivity index is 1.88. The third kappa shape index (κ3) is 8.68. The van der Waals surface area contributed by atoms with Crippen molar-refractivity contribution in [3.63, 3.8) is 0 Å². The molecule has 0 saturated heterocycles. The lowest BCUT2D eigenvalue weighted by Crippen LogP contribution is -2.40. The highest BCUT2D eigenvalue weighted by Crippen LogP contribution is 2.42. The van der Waals surface area contributed by atoms with Crippen LogP contribution in [0.2, 0.25) is 0 Å². The normalized spacial score (nSPS) is 21.7. The molecule has 0 fully saturated rings. The van der Waals surface area contributed by atoms with Crippen molar-refractivity contribution in [2.75, 3.05) is 12.4 Å². The second kappa shape index (κ2) is 12.0. The van der Waals surface area contributed by atoms with E-state index in [0.29, 0.717) is 12.2 Å². The monoisotopic (exact) mass is 533 g/mol. The maximum Gasteiger partial charge on any atom is 0.391 e. The SMILES string of the molecule is CC[C@H]1NC(c2ccccc2)c2cc(OCCCS(=O)(=O)O)ccc2S[C@@H]1CC(O)CC(F)(F)F. The average Bonchev–Trinajstić information content (AvgIpc) is 2.91. The fraction of sp³-hybridized carbons (Fsp3) is 0.500. The molecule has 0 bridgehead atoms. The Morgan fingerprint density at radius 3 is 2.51 bits per heavy atom. The number of rotatable bonds is 10. The number of aliphatic hydroxyl groups excluding tert-OH is 1. The van der Waals surface area contributed by atoms with Gasteiger partial charge in [0, 0.05) is 16.2 Å². The van der Waals surface area contributed by atoms with E-state index in [0.717, 1.165) is 16.0 Å². The van der Waals surface area contributed by atoms with E-state index in [1.807, 2.05) is 49.4 Å². The summed E-state index contributed by atoms with van der Waals surface area (Å²) in [6, 6.07) is 14.7. The lowest BCUT2D eigenvalue weighted by atomic mass is 9.95. The average molecular weight is 534 g/mol. The first-order valence-electron chi connectivity index (χ1n) is 11.4. The van der Waals surface area contributed by atoms with Crippen molar-refractivity contribution < 1.29 is 36.0 Å². The Labute approximate surface area is 208 Å². The standard InChI is InChI=1S/C24H30F3NO5S2/c1-2-20-22(13-17(29)15-24(25,26)27)34-21-10-9-18(33-11-6-12-35(30,31)32)14-19(21)23(28-20)16-7-4-3-5-8-16/h3-5,7-10,14,17,20,22-23,28-29H,2,6,11-13,15H2,1H3,(H,30,31,32)/t17?,20-,22-,23?/m1/s1. The molecular weight excluding hydrogens is 503 g/mol. The Bertz CT molecular complexity index is 1070. The van der Waals surface area contributed by atoms with Gasteiger partial charge in [0.2, 0.25) is 0 Å². The van der Waals surface area contributed by atoms with E-state index >= 15 is 0 Å². The van der Waals surface area contributed by atoms with Crippen LogP contribution in [0, 0.1) is 0 Å². The number of hydrogen-bond donors (Lipinski definition) is 3. The molecule has 1 aliphatic rings. The van der Waals surface area contributed by atoms with E-state index in [9.17, 15) is 26.7 Å². The number of alkyl halides is 3. The molecule has 194 valence electrons. The van der Waals surface area contributed by atoms with Gasteiger partial charge < -0.3 is 15.2 Å². The quantitative estimate of drug-likeness (QED) is 0.293. The summed E-state index contributed by atoms with van der Waals surface area (Å²) in [6.07, 6.45) is -6.40.